The monoisotopic (exact) mass is 212 g/mol. The van der Waals surface area contributed by atoms with E-state index in [1.807, 2.05) is 0 Å². The Hall–Kier alpha value is -1.47. The Morgan fingerprint density at radius 1 is 1.60 bits per heavy atom. The summed E-state index contributed by atoms with van der Waals surface area (Å²) in [5.74, 6) is 0.617. The zero-order valence-electron chi connectivity index (χ0n) is 8.32. The summed E-state index contributed by atoms with van der Waals surface area (Å²) in [6, 6.07) is 0. The van der Waals surface area contributed by atoms with Gasteiger partial charge in [0.2, 0.25) is 5.95 Å². The third kappa shape index (κ3) is 2.51. The molecule has 2 N–H and O–H groups in total. The van der Waals surface area contributed by atoms with Gasteiger partial charge in [-0.3, -0.25) is 15.2 Å². The third-order valence-corrected chi connectivity index (χ3v) is 1.94. The van der Waals surface area contributed by atoms with E-state index >= 15 is 0 Å². The molecule has 15 heavy (non-hydrogen) atoms. The highest BCUT2D eigenvalue weighted by Crippen LogP contribution is 2.04. The molecule has 0 radical (unpaired) electrons. The van der Waals surface area contributed by atoms with Crippen molar-refractivity contribution in [2.75, 3.05) is 25.1 Å². The summed E-state index contributed by atoms with van der Waals surface area (Å²) in [6.07, 6.45) is -0.572. The molecule has 1 unspecified atom stereocenters. The Kier molecular flexibility index (Phi) is 2.93. The van der Waals surface area contributed by atoms with Gasteiger partial charge in [0.15, 0.2) is 6.10 Å². The van der Waals surface area contributed by atoms with E-state index in [4.69, 9.17) is 9.47 Å². The molecule has 0 saturated carbocycles. The van der Waals surface area contributed by atoms with Crippen LogP contribution in [0.25, 0.3) is 0 Å². The molecule has 1 saturated heterocycles. The average molecular weight is 212 g/mol. The lowest BCUT2D eigenvalue weighted by Gasteiger charge is -2.21. The summed E-state index contributed by atoms with van der Waals surface area (Å²) < 4.78 is 10.3. The molecule has 1 amide bonds. The van der Waals surface area contributed by atoms with Crippen molar-refractivity contribution in [1.29, 1.82) is 0 Å². The maximum absolute atomic E-state index is 11.6. The summed E-state index contributed by atoms with van der Waals surface area (Å²) in [5.41, 5.74) is 0. The van der Waals surface area contributed by atoms with Crippen LogP contribution in [-0.4, -0.2) is 47.0 Å². The number of aromatic nitrogens is 3. The van der Waals surface area contributed by atoms with Gasteiger partial charge in [0.05, 0.1) is 19.8 Å². The van der Waals surface area contributed by atoms with Crippen LogP contribution in [0.15, 0.2) is 0 Å². The van der Waals surface area contributed by atoms with E-state index in [9.17, 15) is 4.79 Å². The van der Waals surface area contributed by atoms with Crippen LogP contribution in [0.5, 0.6) is 0 Å². The van der Waals surface area contributed by atoms with Crippen LogP contribution < -0.4 is 5.32 Å². The molecule has 7 heteroatoms. The third-order valence-electron chi connectivity index (χ3n) is 1.94. The maximum atomic E-state index is 11.6. The second kappa shape index (κ2) is 4.37. The first-order chi connectivity index (χ1) is 7.25. The van der Waals surface area contributed by atoms with E-state index in [2.05, 4.69) is 20.5 Å². The minimum absolute atomic E-state index is 0.256. The summed E-state index contributed by atoms with van der Waals surface area (Å²) in [6.45, 7) is 2.99. The molecule has 1 aromatic heterocycles. The predicted molar refractivity (Wildman–Crippen MR) is 50.3 cm³/mol. The van der Waals surface area contributed by atoms with Gasteiger partial charge in [-0.15, -0.1) is 5.10 Å². The van der Waals surface area contributed by atoms with Crippen molar-refractivity contribution in [2.45, 2.75) is 13.0 Å². The Morgan fingerprint density at radius 3 is 3.07 bits per heavy atom. The van der Waals surface area contributed by atoms with Gasteiger partial charge >= 0.3 is 0 Å². The van der Waals surface area contributed by atoms with Gasteiger partial charge in [0, 0.05) is 0 Å². The van der Waals surface area contributed by atoms with Crippen molar-refractivity contribution in [3.05, 3.63) is 5.82 Å². The zero-order chi connectivity index (χ0) is 10.7. The van der Waals surface area contributed by atoms with E-state index in [0.29, 0.717) is 19.0 Å². The lowest BCUT2D eigenvalue weighted by atomic mass is 10.3. The van der Waals surface area contributed by atoms with Gasteiger partial charge < -0.3 is 9.47 Å². The van der Waals surface area contributed by atoms with Crippen molar-refractivity contribution in [3.8, 4) is 0 Å². The molecule has 2 rings (SSSR count). The van der Waals surface area contributed by atoms with Gasteiger partial charge in [-0.2, -0.15) is 4.98 Å². The first-order valence-corrected chi connectivity index (χ1v) is 4.65. The minimum atomic E-state index is -0.572. The number of nitrogens with one attached hydrogen (secondary N) is 2. The van der Waals surface area contributed by atoms with Crippen molar-refractivity contribution >= 4 is 11.9 Å². The normalized spacial score (nSPS) is 21.3. The van der Waals surface area contributed by atoms with E-state index in [1.54, 1.807) is 6.92 Å². The van der Waals surface area contributed by atoms with Gasteiger partial charge in [0.1, 0.15) is 5.82 Å². The first-order valence-electron chi connectivity index (χ1n) is 4.65. The van der Waals surface area contributed by atoms with E-state index in [-0.39, 0.29) is 18.5 Å². The quantitative estimate of drug-likeness (QED) is 0.687. The Balaban J connectivity index is 1.91. The van der Waals surface area contributed by atoms with Crippen LogP contribution in [0, 0.1) is 6.92 Å². The van der Waals surface area contributed by atoms with Crippen molar-refractivity contribution in [3.63, 3.8) is 0 Å². The molecule has 0 aromatic carbocycles. The summed E-state index contributed by atoms with van der Waals surface area (Å²) in [7, 11) is 0. The standard InChI is InChI=1S/C8H12N4O3/c1-5-9-8(12-11-5)10-7(13)6-4-14-2-3-15-6/h6H,2-4H2,1H3,(H2,9,10,11,12,13). The smallest absolute Gasteiger partial charge is 0.258 e. The van der Waals surface area contributed by atoms with Gasteiger partial charge in [0.25, 0.3) is 5.91 Å². The molecule has 82 valence electrons. The molecule has 1 fully saturated rings. The second-order valence-electron chi connectivity index (χ2n) is 3.17. The van der Waals surface area contributed by atoms with Crippen LogP contribution in [-0.2, 0) is 14.3 Å². The highest BCUT2D eigenvalue weighted by atomic mass is 16.6. The van der Waals surface area contributed by atoms with Crippen LogP contribution in [0.2, 0.25) is 0 Å². The lowest BCUT2D eigenvalue weighted by Crippen LogP contribution is -2.39. The van der Waals surface area contributed by atoms with Gasteiger partial charge in [-0.1, -0.05) is 0 Å². The fourth-order valence-corrected chi connectivity index (χ4v) is 1.23. The summed E-state index contributed by atoms with van der Waals surface area (Å²) in [4.78, 5) is 15.5. The molecule has 0 aliphatic carbocycles. The minimum Gasteiger partial charge on any atom is -0.376 e. The summed E-state index contributed by atoms with van der Waals surface area (Å²) in [5, 5.41) is 8.95. The number of carbonyl (C=O) groups excluding carboxylic acids is 1. The number of hydrogen-bond acceptors (Lipinski definition) is 5. The molecule has 2 heterocycles. The van der Waals surface area contributed by atoms with Crippen LogP contribution >= 0.6 is 0 Å². The molecule has 1 aliphatic rings. The molecule has 1 aliphatic heterocycles. The lowest BCUT2D eigenvalue weighted by molar-refractivity contribution is -0.142. The molecule has 1 aromatic rings. The van der Waals surface area contributed by atoms with Gasteiger partial charge in [-0.05, 0) is 6.92 Å². The number of ether oxygens (including phenoxy) is 2. The molecule has 1 atom stereocenters. The molecular weight excluding hydrogens is 200 g/mol. The molecule has 7 nitrogen and oxygen atoms in total. The van der Waals surface area contributed by atoms with Crippen LogP contribution in [0.3, 0.4) is 0 Å². The fourth-order valence-electron chi connectivity index (χ4n) is 1.23. The van der Waals surface area contributed by atoms with E-state index in [0.717, 1.165) is 0 Å². The number of carbonyl (C=O) groups is 1. The Bertz CT molecular complexity index is 345. The van der Waals surface area contributed by atoms with Gasteiger partial charge in [-0.25, -0.2) is 0 Å². The number of nitrogens with zero attached hydrogens (tertiary/aromatic N) is 2. The maximum Gasteiger partial charge on any atom is 0.258 e. The highest BCUT2D eigenvalue weighted by molar-refractivity contribution is 5.92. The Labute approximate surface area is 86.2 Å². The SMILES string of the molecule is Cc1nc(NC(=O)C2COCCO2)n[nH]1. The van der Waals surface area contributed by atoms with Crippen LogP contribution in [0.1, 0.15) is 5.82 Å². The zero-order valence-corrected chi connectivity index (χ0v) is 8.32. The number of hydrogen-bond donors (Lipinski definition) is 2. The van der Waals surface area contributed by atoms with E-state index in [1.165, 1.54) is 0 Å². The highest BCUT2D eigenvalue weighted by Gasteiger charge is 2.23. The second-order valence-corrected chi connectivity index (χ2v) is 3.17. The molecule has 0 bridgehead atoms. The fraction of sp³-hybridized carbons (Fsp3) is 0.625. The predicted octanol–water partition coefficient (Wildman–Crippen LogP) is -0.533. The largest absolute Gasteiger partial charge is 0.376 e. The average Bonchev–Trinajstić information content (AvgIpc) is 2.65. The first kappa shape index (κ1) is 10.1. The Morgan fingerprint density at radius 2 is 2.47 bits per heavy atom. The van der Waals surface area contributed by atoms with E-state index < -0.39 is 6.10 Å². The number of rotatable bonds is 2. The van der Waals surface area contributed by atoms with Crippen molar-refractivity contribution < 1.29 is 14.3 Å². The number of H-pyrrole nitrogens is 1. The topological polar surface area (TPSA) is 89.1 Å². The number of aryl methyl sites for hydroxylation is 1. The number of anilines is 1. The number of aromatic amines is 1. The summed E-state index contributed by atoms with van der Waals surface area (Å²) >= 11 is 0. The number of amides is 1. The molecule has 0 spiro atoms. The van der Waals surface area contributed by atoms with Crippen molar-refractivity contribution in [1.82, 2.24) is 15.2 Å². The van der Waals surface area contributed by atoms with Crippen LogP contribution in [0.4, 0.5) is 5.95 Å². The molecular formula is C8H12N4O3. The van der Waals surface area contributed by atoms with Crippen molar-refractivity contribution in [2.24, 2.45) is 0 Å².